The fraction of sp³-hybridized carbons (Fsp3) is 0.591. The molecular weight excluding hydrogens is 429 g/mol. The maximum atomic E-state index is 13.7. The van der Waals surface area contributed by atoms with Gasteiger partial charge in [0.25, 0.3) is 0 Å². The van der Waals surface area contributed by atoms with Crippen LogP contribution in [0.25, 0.3) is 10.2 Å². The van der Waals surface area contributed by atoms with Gasteiger partial charge in [0, 0.05) is 30.6 Å². The van der Waals surface area contributed by atoms with Crippen molar-refractivity contribution in [2.75, 3.05) is 13.1 Å². The van der Waals surface area contributed by atoms with Gasteiger partial charge in [-0.2, -0.15) is 13.2 Å². The summed E-state index contributed by atoms with van der Waals surface area (Å²) in [6, 6.07) is 1.11. The Labute approximate surface area is 183 Å². The van der Waals surface area contributed by atoms with E-state index in [1.54, 1.807) is 32.6 Å². The van der Waals surface area contributed by atoms with E-state index in [9.17, 15) is 22.8 Å². The molecule has 0 bridgehead atoms. The number of fused-ring (bicyclic) bond motifs is 1. The molecule has 0 unspecified atom stereocenters. The van der Waals surface area contributed by atoms with E-state index in [0.29, 0.717) is 38.0 Å². The highest BCUT2D eigenvalue weighted by Crippen LogP contribution is 2.39. The molecule has 9 heteroatoms. The number of hydrogen-bond acceptors (Lipinski definition) is 5. The van der Waals surface area contributed by atoms with Gasteiger partial charge >= 0.3 is 12.3 Å². The predicted molar refractivity (Wildman–Crippen MR) is 113 cm³/mol. The lowest BCUT2D eigenvalue weighted by Crippen LogP contribution is -2.42. The standard InChI is InChI=1S/C22H27F3N2O3S/c1-5-17(28)15-12-31-19-16(22(23,24)25)11-14(26-18(15)19)10-13-6-8-27(9-7-13)20(29)30-21(2,3)4/h11-13H,5-10H2,1-4H3. The third-order valence-corrected chi connectivity index (χ3v) is 6.27. The molecule has 1 aliphatic rings. The van der Waals surface area contributed by atoms with Crippen molar-refractivity contribution < 1.29 is 27.5 Å². The molecule has 0 spiro atoms. The summed E-state index contributed by atoms with van der Waals surface area (Å²) in [5.41, 5.74) is -0.574. The van der Waals surface area contributed by atoms with Gasteiger partial charge in [0.2, 0.25) is 0 Å². The molecule has 2 aromatic heterocycles. The first-order valence-corrected chi connectivity index (χ1v) is 11.3. The van der Waals surface area contributed by atoms with E-state index >= 15 is 0 Å². The van der Waals surface area contributed by atoms with Crippen LogP contribution in [0.5, 0.6) is 0 Å². The molecule has 2 aromatic rings. The number of alkyl halides is 3. The normalized spacial score (nSPS) is 16.0. The van der Waals surface area contributed by atoms with Crippen molar-refractivity contribution in [1.29, 1.82) is 0 Å². The zero-order valence-corrected chi connectivity index (χ0v) is 19.0. The minimum absolute atomic E-state index is 0.00722. The highest BCUT2D eigenvalue weighted by atomic mass is 32.1. The Bertz CT molecular complexity index is 971. The minimum atomic E-state index is -4.52. The number of aromatic nitrogens is 1. The van der Waals surface area contributed by atoms with Gasteiger partial charge in [-0.3, -0.25) is 9.78 Å². The van der Waals surface area contributed by atoms with Crippen LogP contribution in [0.3, 0.4) is 0 Å². The fourth-order valence-electron chi connectivity index (χ4n) is 3.71. The van der Waals surface area contributed by atoms with Gasteiger partial charge in [-0.25, -0.2) is 4.79 Å². The van der Waals surface area contributed by atoms with Crippen LogP contribution in [0.2, 0.25) is 0 Å². The van der Waals surface area contributed by atoms with Crippen molar-refractivity contribution in [3.05, 3.63) is 28.3 Å². The summed E-state index contributed by atoms with van der Waals surface area (Å²) in [6.07, 6.45) is -2.99. The first-order valence-electron chi connectivity index (χ1n) is 10.4. The number of ketones is 1. The number of nitrogens with zero attached hydrogens (tertiary/aromatic N) is 2. The summed E-state index contributed by atoms with van der Waals surface area (Å²) in [5, 5.41) is 1.47. The molecular formula is C22H27F3N2O3S. The lowest BCUT2D eigenvalue weighted by Gasteiger charge is -2.33. The van der Waals surface area contributed by atoms with Crippen LogP contribution in [0.4, 0.5) is 18.0 Å². The highest BCUT2D eigenvalue weighted by Gasteiger charge is 2.35. The third-order valence-electron chi connectivity index (χ3n) is 5.27. The summed E-state index contributed by atoms with van der Waals surface area (Å²) >= 11 is 0.912. The second kappa shape index (κ2) is 8.76. The fourth-order valence-corrected chi connectivity index (χ4v) is 4.75. The maximum Gasteiger partial charge on any atom is 0.417 e. The van der Waals surface area contributed by atoms with Crippen molar-refractivity contribution in [2.24, 2.45) is 5.92 Å². The van der Waals surface area contributed by atoms with Crippen molar-refractivity contribution in [1.82, 2.24) is 9.88 Å². The number of amides is 1. The summed E-state index contributed by atoms with van der Waals surface area (Å²) in [6.45, 7) is 8.08. The van der Waals surface area contributed by atoms with Gasteiger partial charge < -0.3 is 9.64 Å². The topological polar surface area (TPSA) is 59.5 Å². The van der Waals surface area contributed by atoms with Crippen molar-refractivity contribution in [3.8, 4) is 0 Å². The van der Waals surface area contributed by atoms with Gasteiger partial charge in [0.15, 0.2) is 5.78 Å². The molecule has 0 aliphatic carbocycles. The average Bonchev–Trinajstić information content (AvgIpc) is 3.09. The molecule has 5 nitrogen and oxygen atoms in total. The molecule has 170 valence electrons. The van der Waals surface area contributed by atoms with Crippen LogP contribution in [0.15, 0.2) is 11.4 Å². The number of hydrogen-bond donors (Lipinski definition) is 0. The number of carbonyl (C=O) groups excluding carboxylic acids is 2. The number of rotatable bonds is 4. The summed E-state index contributed by atoms with van der Waals surface area (Å²) in [4.78, 5) is 30.5. The minimum Gasteiger partial charge on any atom is -0.444 e. The molecule has 0 saturated carbocycles. The number of halogens is 3. The monoisotopic (exact) mass is 456 g/mol. The van der Waals surface area contributed by atoms with E-state index in [1.807, 2.05) is 0 Å². The molecule has 1 fully saturated rings. The SMILES string of the molecule is CCC(=O)c1csc2c(C(F)(F)F)cc(CC3CCN(C(=O)OC(C)(C)C)CC3)nc12. The Balaban J connectivity index is 1.79. The van der Waals surface area contributed by atoms with Gasteiger partial charge in [-0.15, -0.1) is 11.3 Å². The van der Waals surface area contributed by atoms with Gasteiger partial charge in [-0.05, 0) is 52.0 Å². The Morgan fingerprint density at radius 1 is 1.23 bits per heavy atom. The molecule has 3 rings (SSSR count). The molecule has 0 aromatic carbocycles. The number of thiophene rings is 1. The Kier molecular flexibility index (Phi) is 6.64. The lowest BCUT2D eigenvalue weighted by atomic mass is 9.91. The second-order valence-corrected chi connectivity index (χ2v) is 9.76. The molecule has 3 heterocycles. The van der Waals surface area contributed by atoms with Crippen LogP contribution in [0.1, 0.15) is 68.6 Å². The number of likely N-dealkylation sites (tertiary alicyclic amines) is 1. The number of Topliss-reactive ketones (excluding diaryl/α,β-unsaturated/α-hetero) is 1. The number of ether oxygens (including phenoxy) is 1. The third kappa shape index (κ3) is 5.56. The van der Waals surface area contributed by atoms with E-state index < -0.39 is 17.3 Å². The summed E-state index contributed by atoms with van der Waals surface area (Å²) in [5.74, 6) is -0.108. The van der Waals surface area contributed by atoms with E-state index in [2.05, 4.69) is 4.98 Å². The Hall–Kier alpha value is -2.16. The summed E-state index contributed by atoms with van der Waals surface area (Å²) < 4.78 is 46.4. The summed E-state index contributed by atoms with van der Waals surface area (Å²) in [7, 11) is 0. The zero-order chi connectivity index (χ0) is 23.0. The molecule has 1 saturated heterocycles. The number of carbonyl (C=O) groups is 2. The molecule has 1 amide bonds. The van der Waals surface area contributed by atoms with E-state index in [4.69, 9.17) is 4.74 Å². The predicted octanol–water partition coefficient (Wildman–Crippen LogP) is 6.10. The molecule has 0 N–H and O–H groups in total. The highest BCUT2D eigenvalue weighted by molar-refractivity contribution is 7.17. The largest absolute Gasteiger partial charge is 0.444 e. The first kappa shape index (κ1) is 23.5. The van der Waals surface area contributed by atoms with Gasteiger partial charge in [0.05, 0.1) is 21.3 Å². The van der Waals surface area contributed by atoms with Crippen LogP contribution >= 0.6 is 11.3 Å². The van der Waals surface area contributed by atoms with Crippen molar-refractivity contribution in [2.45, 2.75) is 65.2 Å². The number of pyridine rings is 1. The quantitative estimate of drug-likeness (QED) is 0.522. The van der Waals surface area contributed by atoms with Crippen LogP contribution in [-0.2, 0) is 17.3 Å². The van der Waals surface area contributed by atoms with Crippen molar-refractivity contribution >= 4 is 33.4 Å². The molecule has 0 atom stereocenters. The smallest absolute Gasteiger partial charge is 0.417 e. The average molecular weight is 457 g/mol. The van der Waals surface area contributed by atoms with Gasteiger partial charge in [-0.1, -0.05) is 6.92 Å². The maximum absolute atomic E-state index is 13.7. The Morgan fingerprint density at radius 2 is 1.87 bits per heavy atom. The van der Waals surface area contributed by atoms with E-state index in [-0.39, 0.29) is 40.0 Å². The zero-order valence-electron chi connectivity index (χ0n) is 18.1. The van der Waals surface area contributed by atoms with Crippen LogP contribution < -0.4 is 0 Å². The van der Waals surface area contributed by atoms with Crippen LogP contribution in [0, 0.1) is 5.92 Å². The van der Waals surface area contributed by atoms with Gasteiger partial charge in [0.1, 0.15) is 5.60 Å². The molecule has 0 radical (unpaired) electrons. The first-order chi connectivity index (χ1) is 14.4. The molecule has 1 aliphatic heterocycles. The van der Waals surface area contributed by atoms with E-state index in [1.165, 1.54) is 5.38 Å². The second-order valence-electron chi connectivity index (χ2n) is 8.88. The number of piperidine rings is 1. The van der Waals surface area contributed by atoms with Crippen LogP contribution in [-0.4, -0.2) is 40.5 Å². The molecule has 31 heavy (non-hydrogen) atoms. The Morgan fingerprint density at radius 3 is 2.42 bits per heavy atom. The van der Waals surface area contributed by atoms with Crippen molar-refractivity contribution in [3.63, 3.8) is 0 Å². The lowest BCUT2D eigenvalue weighted by molar-refractivity contribution is -0.136. The van der Waals surface area contributed by atoms with E-state index in [0.717, 1.165) is 17.4 Å².